The number of benzene rings is 1. The first kappa shape index (κ1) is 15.6. The zero-order valence-electron chi connectivity index (χ0n) is 12.7. The molecule has 1 fully saturated rings. The van der Waals surface area contributed by atoms with Gasteiger partial charge in [-0.3, -0.25) is 0 Å². The highest BCUT2D eigenvalue weighted by Gasteiger charge is 2.38. The number of aromatic nitrogens is 4. The number of nitrogens with zero attached hydrogens (tertiary/aromatic N) is 4. The third-order valence-corrected chi connectivity index (χ3v) is 3.93. The van der Waals surface area contributed by atoms with Crippen molar-refractivity contribution in [1.82, 2.24) is 20.2 Å². The molecule has 6 nitrogen and oxygen atoms in total. The van der Waals surface area contributed by atoms with Crippen LogP contribution in [-0.4, -0.2) is 26.2 Å². The highest BCUT2D eigenvalue weighted by molar-refractivity contribution is 5.50. The third kappa shape index (κ3) is 3.30. The average Bonchev–Trinajstić information content (AvgIpc) is 3.18. The van der Waals surface area contributed by atoms with Crippen molar-refractivity contribution in [2.45, 2.75) is 24.8 Å². The summed E-state index contributed by atoms with van der Waals surface area (Å²) in [6.45, 7) is 0. The van der Waals surface area contributed by atoms with Crippen LogP contribution in [0.3, 0.4) is 0 Å². The molecule has 1 aromatic carbocycles. The molecular formula is C16H12F3N5O. The first-order chi connectivity index (χ1) is 12.1. The lowest BCUT2D eigenvalue weighted by molar-refractivity contribution is 0.116. The molecule has 1 saturated carbocycles. The Morgan fingerprint density at radius 3 is 2.44 bits per heavy atom. The molecule has 0 bridgehead atoms. The van der Waals surface area contributed by atoms with E-state index in [2.05, 4.69) is 25.5 Å². The molecule has 0 saturated heterocycles. The van der Waals surface area contributed by atoms with E-state index in [4.69, 9.17) is 4.42 Å². The van der Waals surface area contributed by atoms with Crippen molar-refractivity contribution in [2.75, 3.05) is 5.32 Å². The lowest BCUT2D eigenvalue weighted by Crippen LogP contribution is -2.07. The van der Waals surface area contributed by atoms with Crippen molar-refractivity contribution in [3.05, 3.63) is 53.9 Å². The van der Waals surface area contributed by atoms with Crippen LogP contribution < -0.4 is 5.32 Å². The van der Waals surface area contributed by atoms with Crippen LogP contribution in [-0.2, 0) is 0 Å². The van der Waals surface area contributed by atoms with Gasteiger partial charge in [-0.05, 0) is 24.1 Å². The van der Waals surface area contributed by atoms with Gasteiger partial charge in [-0.2, -0.15) is 8.78 Å². The molecule has 2 aromatic heterocycles. The van der Waals surface area contributed by atoms with Crippen molar-refractivity contribution in [3.8, 4) is 11.5 Å². The minimum atomic E-state index is -2.82. The van der Waals surface area contributed by atoms with Gasteiger partial charge in [0.25, 0.3) is 11.8 Å². The van der Waals surface area contributed by atoms with Gasteiger partial charge in [0.2, 0.25) is 5.95 Å². The van der Waals surface area contributed by atoms with Gasteiger partial charge in [0.05, 0.1) is 5.56 Å². The van der Waals surface area contributed by atoms with E-state index in [1.165, 1.54) is 24.5 Å². The molecule has 0 spiro atoms. The summed E-state index contributed by atoms with van der Waals surface area (Å²) in [5, 5.41) is 9.98. The fraction of sp³-hybridized carbons (Fsp3) is 0.250. The maximum absolute atomic E-state index is 12.9. The van der Waals surface area contributed by atoms with E-state index in [1.54, 1.807) is 12.1 Å². The van der Waals surface area contributed by atoms with Gasteiger partial charge in [0.1, 0.15) is 5.82 Å². The molecule has 2 atom stereocenters. The van der Waals surface area contributed by atoms with Crippen molar-refractivity contribution >= 4 is 5.95 Å². The van der Waals surface area contributed by atoms with Crippen LogP contribution in [0.25, 0.3) is 11.5 Å². The molecule has 2 heterocycles. The van der Waals surface area contributed by atoms with Crippen LogP contribution in [0.5, 0.6) is 0 Å². The molecule has 25 heavy (non-hydrogen) atoms. The third-order valence-electron chi connectivity index (χ3n) is 3.93. The highest BCUT2D eigenvalue weighted by Crippen LogP contribution is 2.42. The fourth-order valence-electron chi connectivity index (χ4n) is 2.55. The predicted octanol–water partition coefficient (Wildman–Crippen LogP) is 3.57. The topological polar surface area (TPSA) is 76.7 Å². The van der Waals surface area contributed by atoms with Gasteiger partial charge in [0, 0.05) is 24.4 Å². The Kier molecular flexibility index (Phi) is 3.83. The Balaban J connectivity index is 1.40. The largest absolute Gasteiger partial charge is 0.415 e. The van der Waals surface area contributed by atoms with E-state index in [1.807, 2.05) is 0 Å². The molecule has 2 unspecified atom stereocenters. The molecule has 1 aliphatic rings. The van der Waals surface area contributed by atoms with Crippen LogP contribution in [0.1, 0.15) is 30.2 Å². The summed E-state index contributed by atoms with van der Waals surface area (Å²) in [4.78, 5) is 8.27. The predicted molar refractivity (Wildman–Crippen MR) is 81.4 cm³/mol. The molecule has 3 aromatic rings. The first-order valence-electron chi connectivity index (χ1n) is 7.56. The summed E-state index contributed by atoms with van der Waals surface area (Å²) in [6, 6.07) is 6.58. The summed E-state index contributed by atoms with van der Waals surface area (Å²) >= 11 is 0. The smallest absolute Gasteiger partial charge is 0.314 e. The Morgan fingerprint density at radius 1 is 1.08 bits per heavy atom. The van der Waals surface area contributed by atoms with E-state index in [-0.39, 0.29) is 23.7 Å². The number of anilines is 1. The minimum absolute atomic E-state index is 0.0579. The van der Waals surface area contributed by atoms with Crippen LogP contribution in [0.4, 0.5) is 19.1 Å². The molecule has 1 aliphatic carbocycles. The van der Waals surface area contributed by atoms with E-state index < -0.39 is 12.3 Å². The van der Waals surface area contributed by atoms with E-state index in [0.29, 0.717) is 11.5 Å². The van der Waals surface area contributed by atoms with Gasteiger partial charge in [-0.25, -0.2) is 14.4 Å². The normalized spacial score (nSPS) is 19.2. The van der Waals surface area contributed by atoms with Crippen molar-refractivity contribution < 1.29 is 17.6 Å². The summed E-state index contributed by atoms with van der Waals surface area (Å²) in [5.74, 6) is -0.362. The van der Waals surface area contributed by atoms with Gasteiger partial charge in [-0.1, -0.05) is 12.1 Å². The second kappa shape index (κ2) is 6.15. The minimum Gasteiger partial charge on any atom is -0.415 e. The molecule has 1 N–H and O–H groups in total. The maximum atomic E-state index is 12.9. The maximum Gasteiger partial charge on any atom is 0.314 e. The number of halogens is 3. The average molecular weight is 347 g/mol. The van der Waals surface area contributed by atoms with E-state index in [9.17, 15) is 13.2 Å². The fourth-order valence-corrected chi connectivity index (χ4v) is 2.55. The lowest BCUT2D eigenvalue weighted by Gasteiger charge is -2.04. The molecule has 0 radical (unpaired) electrons. The van der Waals surface area contributed by atoms with Crippen molar-refractivity contribution in [2.24, 2.45) is 0 Å². The number of nitrogens with one attached hydrogen (secondary N) is 1. The van der Waals surface area contributed by atoms with Crippen LogP contribution in [0, 0.1) is 5.82 Å². The lowest BCUT2D eigenvalue weighted by atomic mass is 10.1. The zero-order chi connectivity index (χ0) is 17.4. The summed E-state index contributed by atoms with van der Waals surface area (Å²) < 4.78 is 42.7. The van der Waals surface area contributed by atoms with Crippen LogP contribution in [0.2, 0.25) is 0 Å². The first-order valence-corrected chi connectivity index (χ1v) is 7.56. The van der Waals surface area contributed by atoms with Gasteiger partial charge in [-0.15, -0.1) is 10.2 Å². The number of alkyl halides is 2. The number of hydrogen-bond acceptors (Lipinski definition) is 6. The number of hydrogen-bond donors (Lipinski definition) is 1. The zero-order valence-corrected chi connectivity index (χ0v) is 12.7. The molecule has 128 valence electrons. The van der Waals surface area contributed by atoms with E-state index in [0.717, 1.165) is 12.0 Å². The molecule has 9 heteroatoms. The molecular weight excluding hydrogens is 335 g/mol. The van der Waals surface area contributed by atoms with Crippen molar-refractivity contribution in [1.29, 1.82) is 0 Å². The summed E-state index contributed by atoms with van der Waals surface area (Å²) in [6.07, 6.45) is 0.931. The SMILES string of the molecule is Fc1ccc(C2CC2Nc2ncc(-c3nnc(C(F)F)o3)cn2)cc1. The second-order valence-electron chi connectivity index (χ2n) is 5.69. The van der Waals surface area contributed by atoms with E-state index >= 15 is 0 Å². The molecule has 0 aliphatic heterocycles. The highest BCUT2D eigenvalue weighted by atomic mass is 19.3. The monoisotopic (exact) mass is 347 g/mol. The molecule has 4 rings (SSSR count). The summed E-state index contributed by atoms with van der Waals surface area (Å²) in [7, 11) is 0. The van der Waals surface area contributed by atoms with Crippen LogP contribution >= 0.6 is 0 Å². The standard InChI is InChI=1S/C16H12F3N5O/c17-10-3-1-8(2-4-10)11-5-12(11)22-16-20-6-9(7-21-16)14-23-24-15(25-14)13(18)19/h1-4,6-7,11-13H,5H2,(H,20,21,22). The number of rotatable bonds is 5. The Morgan fingerprint density at radius 2 is 1.80 bits per heavy atom. The van der Waals surface area contributed by atoms with Gasteiger partial charge >= 0.3 is 6.43 Å². The quantitative estimate of drug-likeness (QED) is 0.760. The van der Waals surface area contributed by atoms with Gasteiger partial charge in [0.15, 0.2) is 0 Å². The van der Waals surface area contributed by atoms with Crippen LogP contribution in [0.15, 0.2) is 41.1 Å². The molecule has 0 amide bonds. The Bertz CT molecular complexity index is 866. The summed E-state index contributed by atoms with van der Waals surface area (Å²) in [5.41, 5.74) is 1.41. The van der Waals surface area contributed by atoms with Gasteiger partial charge < -0.3 is 9.73 Å². The van der Waals surface area contributed by atoms with Crippen molar-refractivity contribution in [3.63, 3.8) is 0 Å². The second-order valence-corrected chi connectivity index (χ2v) is 5.69. The Hall–Kier alpha value is -2.97. The Labute approximate surface area is 140 Å².